The van der Waals surface area contributed by atoms with Crippen LogP contribution in [0.15, 0.2) is 24.5 Å². The summed E-state index contributed by atoms with van der Waals surface area (Å²) in [6.45, 7) is 5.84. The second-order valence-corrected chi connectivity index (χ2v) is 6.50. The minimum absolute atomic E-state index is 0.247. The van der Waals surface area contributed by atoms with Gasteiger partial charge in [0.05, 0.1) is 11.9 Å². The Balaban J connectivity index is 1.54. The summed E-state index contributed by atoms with van der Waals surface area (Å²) in [6.07, 6.45) is 5.05. The van der Waals surface area contributed by atoms with E-state index in [1.165, 1.54) is 5.56 Å². The number of hydrogen-bond donors (Lipinski definition) is 1. The van der Waals surface area contributed by atoms with Crippen LogP contribution in [0, 0.1) is 6.92 Å². The SMILES string of the molecule is Cc1[nH]ncc1CN1CCC(Oc2ccnc(CN(C)C)c2)C1. The maximum absolute atomic E-state index is 6.15. The van der Waals surface area contributed by atoms with Crippen LogP contribution in [-0.2, 0) is 13.1 Å². The van der Waals surface area contributed by atoms with Crippen LogP contribution in [0.25, 0.3) is 0 Å². The summed E-state index contributed by atoms with van der Waals surface area (Å²) in [5, 5.41) is 7.09. The first kappa shape index (κ1) is 16.0. The highest BCUT2D eigenvalue weighted by Gasteiger charge is 2.24. The van der Waals surface area contributed by atoms with Gasteiger partial charge in [0.25, 0.3) is 0 Å². The van der Waals surface area contributed by atoms with Crippen molar-refractivity contribution in [3.8, 4) is 5.75 Å². The van der Waals surface area contributed by atoms with Gasteiger partial charge in [0.1, 0.15) is 11.9 Å². The number of ether oxygens (including phenoxy) is 1. The average molecular weight is 315 g/mol. The fourth-order valence-electron chi connectivity index (χ4n) is 2.95. The lowest BCUT2D eigenvalue weighted by Crippen LogP contribution is -2.24. The summed E-state index contributed by atoms with van der Waals surface area (Å²) in [5.41, 5.74) is 3.45. The first-order valence-electron chi connectivity index (χ1n) is 8.07. The summed E-state index contributed by atoms with van der Waals surface area (Å²) >= 11 is 0. The molecule has 6 nitrogen and oxygen atoms in total. The highest BCUT2D eigenvalue weighted by atomic mass is 16.5. The van der Waals surface area contributed by atoms with Crippen LogP contribution < -0.4 is 4.74 Å². The van der Waals surface area contributed by atoms with E-state index in [9.17, 15) is 0 Å². The fourth-order valence-corrected chi connectivity index (χ4v) is 2.95. The lowest BCUT2D eigenvalue weighted by Gasteiger charge is -2.17. The van der Waals surface area contributed by atoms with Gasteiger partial charge >= 0.3 is 0 Å². The third kappa shape index (κ3) is 4.30. The Labute approximate surface area is 137 Å². The Morgan fingerprint density at radius 1 is 1.43 bits per heavy atom. The fraction of sp³-hybridized carbons (Fsp3) is 0.529. The van der Waals surface area contributed by atoms with E-state index in [0.29, 0.717) is 0 Å². The first-order chi connectivity index (χ1) is 11.1. The predicted molar refractivity (Wildman–Crippen MR) is 89.3 cm³/mol. The van der Waals surface area contributed by atoms with Gasteiger partial charge in [-0.05, 0) is 33.5 Å². The number of H-pyrrole nitrogens is 1. The predicted octanol–water partition coefficient (Wildman–Crippen LogP) is 1.83. The number of nitrogens with one attached hydrogen (secondary N) is 1. The Morgan fingerprint density at radius 3 is 3.04 bits per heavy atom. The average Bonchev–Trinajstić information content (AvgIpc) is 3.09. The van der Waals surface area contributed by atoms with Crippen LogP contribution in [-0.4, -0.2) is 58.3 Å². The standard InChI is InChI=1S/C17H25N5O/c1-13-14(9-19-20-13)10-22-7-5-17(12-22)23-16-4-6-18-15(8-16)11-21(2)3/h4,6,8-9,17H,5,7,10-12H2,1-3H3,(H,19,20). The first-order valence-corrected chi connectivity index (χ1v) is 8.07. The third-order valence-corrected chi connectivity index (χ3v) is 4.13. The Morgan fingerprint density at radius 2 is 2.30 bits per heavy atom. The lowest BCUT2D eigenvalue weighted by molar-refractivity contribution is 0.198. The van der Waals surface area contributed by atoms with Crippen molar-refractivity contribution in [1.29, 1.82) is 0 Å². The Kier molecular flexibility index (Phi) is 4.93. The zero-order valence-corrected chi connectivity index (χ0v) is 14.1. The van der Waals surface area contributed by atoms with E-state index in [2.05, 4.69) is 31.9 Å². The maximum atomic E-state index is 6.15. The van der Waals surface area contributed by atoms with Crippen molar-refractivity contribution in [2.45, 2.75) is 32.5 Å². The van der Waals surface area contributed by atoms with Crippen molar-refractivity contribution in [1.82, 2.24) is 25.0 Å². The van der Waals surface area contributed by atoms with Crippen LogP contribution in [0.3, 0.4) is 0 Å². The molecule has 0 aromatic carbocycles. The van der Waals surface area contributed by atoms with Gasteiger partial charge in [-0.15, -0.1) is 0 Å². The van der Waals surface area contributed by atoms with E-state index in [1.807, 2.05) is 38.6 Å². The quantitative estimate of drug-likeness (QED) is 0.881. The molecule has 0 amide bonds. The molecular formula is C17H25N5O. The molecule has 23 heavy (non-hydrogen) atoms. The van der Waals surface area contributed by atoms with Crippen LogP contribution in [0.2, 0.25) is 0 Å². The molecule has 1 aliphatic heterocycles. The number of nitrogens with zero attached hydrogens (tertiary/aromatic N) is 4. The number of aromatic nitrogens is 3. The van der Waals surface area contributed by atoms with E-state index in [-0.39, 0.29) is 6.10 Å². The van der Waals surface area contributed by atoms with E-state index >= 15 is 0 Å². The van der Waals surface area contributed by atoms with Gasteiger partial charge in [-0.1, -0.05) is 0 Å². The van der Waals surface area contributed by atoms with Crippen LogP contribution in [0.1, 0.15) is 23.4 Å². The maximum Gasteiger partial charge on any atom is 0.123 e. The smallest absolute Gasteiger partial charge is 0.123 e. The van der Waals surface area contributed by atoms with Gasteiger partial charge in [0.15, 0.2) is 0 Å². The Bertz CT molecular complexity index is 639. The second kappa shape index (κ2) is 7.10. The van der Waals surface area contributed by atoms with E-state index < -0.39 is 0 Å². The van der Waals surface area contributed by atoms with E-state index in [1.54, 1.807) is 0 Å². The molecule has 2 aromatic heterocycles. The van der Waals surface area contributed by atoms with E-state index in [4.69, 9.17) is 4.74 Å². The summed E-state index contributed by atoms with van der Waals surface area (Å²) in [4.78, 5) is 8.92. The molecule has 1 atom stereocenters. The third-order valence-electron chi connectivity index (χ3n) is 4.13. The van der Waals surface area contributed by atoms with Crippen molar-refractivity contribution in [2.75, 3.05) is 27.2 Å². The van der Waals surface area contributed by atoms with Gasteiger partial charge in [-0.2, -0.15) is 5.10 Å². The number of rotatable bonds is 6. The molecule has 0 bridgehead atoms. The zero-order valence-electron chi connectivity index (χ0n) is 14.1. The minimum Gasteiger partial charge on any atom is -0.489 e. The molecule has 6 heteroatoms. The number of aryl methyl sites for hydroxylation is 1. The summed E-state index contributed by atoms with van der Waals surface area (Å²) < 4.78 is 6.15. The molecule has 1 N–H and O–H groups in total. The summed E-state index contributed by atoms with van der Waals surface area (Å²) in [7, 11) is 4.09. The number of aromatic amines is 1. The van der Waals surface area contributed by atoms with Gasteiger partial charge in [0, 0.05) is 49.7 Å². The highest BCUT2D eigenvalue weighted by molar-refractivity contribution is 5.23. The molecule has 0 aliphatic carbocycles. The summed E-state index contributed by atoms with van der Waals surface area (Å²) in [6, 6.07) is 3.99. The molecule has 3 rings (SSSR count). The molecule has 1 aliphatic rings. The molecule has 0 saturated carbocycles. The van der Waals surface area contributed by atoms with Gasteiger partial charge in [-0.3, -0.25) is 15.0 Å². The molecular weight excluding hydrogens is 290 g/mol. The molecule has 0 spiro atoms. The Hall–Kier alpha value is -1.92. The lowest BCUT2D eigenvalue weighted by atomic mass is 10.2. The topological polar surface area (TPSA) is 57.3 Å². The molecule has 2 aromatic rings. The van der Waals surface area contributed by atoms with Crippen LogP contribution in [0.5, 0.6) is 5.75 Å². The van der Waals surface area contributed by atoms with Gasteiger partial charge < -0.3 is 9.64 Å². The molecule has 1 saturated heterocycles. The van der Waals surface area contributed by atoms with Crippen LogP contribution in [0.4, 0.5) is 0 Å². The molecule has 1 unspecified atom stereocenters. The van der Waals surface area contributed by atoms with Crippen molar-refractivity contribution in [3.05, 3.63) is 41.5 Å². The number of pyridine rings is 1. The largest absolute Gasteiger partial charge is 0.489 e. The van der Waals surface area contributed by atoms with Crippen molar-refractivity contribution >= 4 is 0 Å². The number of hydrogen-bond acceptors (Lipinski definition) is 5. The molecule has 124 valence electrons. The van der Waals surface area contributed by atoms with Crippen molar-refractivity contribution < 1.29 is 4.74 Å². The highest BCUT2D eigenvalue weighted by Crippen LogP contribution is 2.20. The normalized spacial score (nSPS) is 18.7. The number of likely N-dealkylation sites (tertiary alicyclic amines) is 1. The zero-order chi connectivity index (χ0) is 16.2. The molecule has 0 radical (unpaired) electrons. The molecule has 1 fully saturated rings. The van der Waals surface area contributed by atoms with Crippen molar-refractivity contribution in [2.24, 2.45) is 0 Å². The van der Waals surface area contributed by atoms with Crippen molar-refractivity contribution in [3.63, 3.8) is 0 Å². The summed E-state index contributed by atoms with van der Waals surface area (Å²) in [5.74, 6) is 0.920. The monoisotopic (exact) mass is 315 g/mol. The van der Waals surface area contributed by atoms with E-state index in [0.717, 1.165) is 49.7 Å². The molecule has 3 heterocycles. The van der Waals surface area contributed by atoms with Crippen LogP contribution >= 0.6 is 0 Å². The minimum atomic E-state index is 0.247. The second-order valence-electron chi connectivity index (χ2n) is 6.50. The van der Waals surface area contributed by atoms with Gasteiger partial charge in [0.2, 0.25) is 0 Å². The van der Waals surface area contributed by atoms with Gasteiger partial charge in [-0.25, -0.2) is 0 Å².